The summed E-state index contributed by atoms with van der Waals surface area (Å²) in [6.45, 7) is 3.48. The van der Waals surface area contributed by atoms with Gasteiger partial charge in [-0.25, -0.2) is 0 Å². The molecule has 7 heteroatoms. The summed E-state index contributed by atoms with van der Waals surface area (Å²) in [5.41, 5.74) is 11.7. The number of hydrogen-bond donors (Lipinski definition) is 4. The molecule has 1 heterocycles. The predicted octanol–water partition coefficient (Wildman–Crippen LogP) is 0.111. The molecule has 0 unspecified atom stereocenters. The van der Waals surface area contributed by atoms with E-state index in [9.17, 15) is 9.59 Å². The molecular weight excluding hydrogens is 246 g/mol. The normalized spacial score (nSPS) is 15.3. The number of nitrogens with zero attached hydrogens (tertiary/aromatic N) is 1. The number of H-pyrrole nitrogens is 1. The van der Waals surface area contributed by atoms with Gasteiger partial charge in [-0.05, 0) is 26.7 Å². The molecule has 1 aliphatic carbocycles. The molecule has 2 rings (SSSR count). The number of aromatic amines is 1. The molecule has 1 saturated carbocycles. The number of nitrogens with one attached hydrogen (secondary N) is 2. The zero-order chi connectivity index (χ0) is 14.2. The molecule has 1 aliphatic rings. The van der Waals surface area contributed by atoms with E-state index in [0.29, 0.717) is 11.6 Å². The number of amides is 2. The van der Waals surface area contributed by atoms with Crippen LogP contribution in [-0.2, 0) is 4.79 Å². The van der Waals surface area contributed by atoms with Crippen LogP contribution in [0.5, 0.6) is 0 Å². The lowest BCUT2D eigenvalue weighted by Gasteiger charge is -2.20. The monoisotopic (exact) mass is 265 g/mol. The quantitative estimate of drug-likeness (QED) is 0.602. The van der Waals surface area contributed by atoms with Crippen LogP contribution in [0.2, 0.25) is 0 Å². The molecule has 0 aromatic carbocycles. The third-order valence-corrected chi connectivity index (χ3v) is 3.39. The van der Waals surface area contributed by atoms with Crippen LogP contribution in [0.15, 0.2) is 0 Å². The van der Waals surface area contributed by atoms with E-state index in [1.165, 1.54) is 0 Å². The standard InChI is InChI=1S/C12H19N5O2/c1-12(2,11(14)19)5-15-10(18)9-7(13)8(16-17-9)6-3-4-6/h6H,3-5,13H2,1-2H3,(H2,14,19)(H,15,18)(H,16,17). The molecular formula is C12H19N5O2. The van der Waals surface area contributed by atoms with Crippen LogP contribution in [0.1, 0.15) is 48.8 Å². The van der Waals surface area contributed by atoms with E-state index in [4.69, 9.17) is 11.5 Å². The molecule has 104 valence electrons. The first kappa shape index (κ1) is 13.4. The van der Waals surface area contributed by atoms with E-state index >= 15 is 0 Å². The van der Waals surface area contributed by atoms with E-state index in [1.807, 2.05) is 0 Å². The molecule has 1 aromatic heterocycles. The second-order valence-electron chi connectivity index (χ2n) is 5.60. The smallest absolute Gasteiger partial charge is 0.273 e. The Labute approximate surface area is 111 Å². The highest BCUT2D eigenvalue weighted by atomic mass is 16.2. The number of carbonyl (C=O) groups excluding carboxylic acids is 2. The molecule has 6 N–H and O–H groups in total. The van der Waals surface area contributed by atoms with Crippen LogP contribution in [-0.4, -0.2) is 28.6 Å². The minimum Gasteiger partial charge on any atom is -0.395 e. The predicted molar refractivity (Wildman–Crippen MR) is 70.3 cm³/mol. The minimum atomic E-state index is -0.806. The molecule has 0 aliphatic heterocycles. The summed E-state index contributed by atoms with van der Waals surface area (Å²) in [6, 6.07) is 0. The Morgan fingerprint density at radius 3 is 2.63 bits per heavy atom. The maximum atomic E-state index is 12.0. The molecule has 0 bridgehead atoms. The Bertz CT molecular complexity index is 516. The Morgan fingerprint density at radius 2 is 2.11 bits per heavy atom. The summed E-state index contributed by atoms with van der Waals surface area (Å²) in [5, 5.41) is 9.39. The number of hydrogen-bond acceptors (Lipinski definition) is 4. The number of aromatic nitrogens is 2. The molecule has 19 heavy (non-hydrogen) atoms. The van der Waals surface area contributed by atoms with Crippen molar-refractivity contribution in [1.82, 2.24) is 15.5 Å². The van der Waals surface area contributed by atoms with Crippen LogP contribution in [0.25, 0.3) is 0 Å². The van der Waals surface area contributed by atoms with Crippen molar-refractivity contribution in [3.63, 3.8) is 0 Å². The van der Waals surface area contributed by atoms with Crippen molar-refractivity contribution < 1.29 is 9.59 Å². The Balaban J connectivity index is 2.02. The summed E-state index contributed by atoms with van der Waals surface area (Å²) in [6.07, 6.45) is 2.14. The maximum absolute atomic E-state index is 12.0. The SMILES string of the molecule is CC(C)(CNC(=O)c1n[nH]c(C2CC2)c1N)C(N)=O. The largest absolute Gasteiger partial charge is 0.395 e. The Kier molecular flexibility index (Phi) is 3.21. The third kappa shape index (κ3) is 2.69. The zero-order valence-electron chi connectivity index (χ0n) is 11.1. The Morgan fingerprint density at radius 1 is 1.47 bits per heavy atom. The van der Waals surface area contributed by atoms with Gasteiger partial charge in [0.2, 0.25) is 5.91 Å². The van der Waals surface area contributed by atoms with E-state index in [0.717, 1.165) is 18.5 Å². The average Bonchev–Trinajstić information content (AvgIpc) is 3.10. The summed E-state index contributed by atoms with van der Waals surface area (Å²) in [5.74, 6) is -0.465. The molecule has 1 fully saturated rings. The van der Waals surface area contributed by atoms with Gasteiger partial charge in [-0.1, -0.05) is 0 Å². The van der Waals surface area contributed by atoms with Crippen LogP contribution < -0.4 is 16.8 Å². The van der Waals surface area contributed by atoms with Gasteiger partial charge in [0.25, 0.3) is 5.91 Å². The molecule has 0 saturated heterocycles. The fourth-order valence-electron chi connectivity index (χ4n) is 1.69. The topological polar surface area (TPSA) is 127 Å². The van der Waals surface area contributed by atoms with Gasteiger partial charge in [-0.3, -0.25) is 14.7 Å². The van der Waals surface area contributed by atoms with Gasteiger partial charge in [-0.2, -0.15) is 5.10 Å². The van der Waals surface area contributed by atoms with Gasteiger partial charge >= 0.3 is 0 Å². The van der Waals surface area contributed by atoms with Crippen molar-refractivity contribution in [2.75, 3.05) is 12.3 Å². The van der Waals surface area contributed by atoms with Crippen LogP contribution >= 0.6 is 0 Å². The van der Waals surface area contributed by atoms with Crippen molar-refractivity contribution in [2.24, 2.45) is 11.1 Å². The van der Waals surface area contributed by atoms with Crippen molar-refractivity contribution in [1.29, 1.82) is 0 Å². The molecule has 7 nitrogen and oxygen atoms in total. The first-order valence-electron chi connectivity index (χ1n) is 6.25. The van der Waals surface area contributed by atoms with E-state index in [1.54, 1.807) is 13.8 Å². The van der Waals surface area contributed by atoms with Crippen molar-refractivity contribution in [3.05, 3.63) is 11.4 Å². The maximum Gasteiger partial charge on any atom is 0.273 e. The molecule has 1 aromatic rings. The highest BCUT2D eigenvalue weighted by Gasteiger charge is 2.31. The van der Waals surface area contributed by atoms with Crippen molar-refractivity contribution >= 4 is 17.5 Å². The number of primary amides is 1. The second-order valence-corrected chi connectivity index (χ2v) is 5.60. The number of carbonyl (C=O) groups is 2. The lowest BCUT2D eigenvalue weighted by atomic mass is 9.93. The first-order valence-corrected chi connectivity index (χ1v) is 6.25. The molecule has 0 spiro atoms. The summed E-state index contributed by atoms with van der Waals surface area (Å²) in [4.78, 5) is 23.1. The van der Waals surface area contributed by atoms with Crippen molar-refractivity contribution in [2.45, 2.75) is 32.6 Å². The fraction of sp³-hybridized carbons (Fsp3) is 0.583. The van der Waals surface area contributed by atoms with E-state index in [2.05, 4.69) is 15.5 Å². The van der Waals surface area contributed by atoms with Gasteiger partial charge < -0.3 is 16.8 Å². The lowest BCUT2D eigenvalue weighted by molar-refractivity contribution is -0.125. The molecule has 0 radical (unpaired) electrons. The van der Waals surface area contributed by atoms with Gasteiger partial charge in [0.15, 0.2) is 5.69 Å². The Hall–Kier alpha value is -2.05. The van der Waals surface area contributed by atoms with E-state index in [-0.39, 0.29) is 12.2 Å². The van der Waals surface area contributed by atoms with Gasteiger partial charge in [0, 0.05) is 12.5 Å². The average molecular weight is 265 g/mol. The van der Waals surface area contributed by atoms with Crippen molar-refractivity contribution in [3.8, 4) is 0 Å². The summed E-state index contributed by atoms with van der Waals surface area (Å²) < 4.78 is 0. The minimum absolute atomic E-state index is 0.145. The molecule has 2 amide bonds. The van der Waals surface area contributed by atoms with Gasteiger partial charge in [0.1, 0.15) is 0 Å². The third-order valence-electron chi connectivity index (χ3n) is 3.39. The highest BCUT2D eigenvalue weighted by Crippen LogP contribution is 2.42. The van der Waals surface area contributed by atoms with Gasteiger partial charge in [0.05, 0.1) is 16.8 Å². The molecule has 0 atom stereocenters. The van der Waals surface area contributed by atoms with Crippen LogP contribution in [0.3, 0.4) is 0 Å². The van der Waals surface area contributed by atoms with Crippen LogP contribution in [0, 0.1) is 5.41 Å². The number of nitrogens with two attached hydrogens (primary N) is 2. The highest BCUT2D eigenvalue weighted by molar-refractivity contribution is 5.98. The number of anilines is 1. The van der Waals surface area contributed by atoms with Crippen LogP contribution in [0.4, 0.5) is 5.69 Å². The fourth-order valence-corrected chi connectivity index (χ4v) is 1.69. The lowest BCUT2D eigenvalue weighted by Crippen LogP contribution is -2.42. The summed E-state index contributed by atoms with van der Waals surface area (Å²) >= 11 is 0. The zero-order valence-corrected chi connectivity index (χ0v) is 11.1. The second kappa shape index (κ2) is 4.56. The first-order chi connectivity index (χ1) is 8.83. The number of rotatable bonds is 5. The summed E-state index contributed by atoms with van der Waals surface area (Å²) in [7, 11) is 0. The number of nitrogen functional groups attached to an aromatic ring is 1. The van der Waals surface area contributed by atoms with E-state index < -0.39 is 17.2 Å². The van der Waals surface area contributed by atoms with Gasteiger partial charge in [-0.15, -0.1) is 0 Å².